The van der Waals surface area contributed by atoms with Crippen LogP contribution in [0.15, 0.2) is 73.1 Å². The number of nitrogens with zero attached hydrogens (tertiary/aromatic N) is 5. The van der Waals surface area contributed by atoms with E-state index in [9.17, 15) is 35.9 Å². The minimum absolute atomic E-state index is 0.00766. The fraction of sp³-hybridized carbons (Fsp3) is 0.188. The highest BCUT2D eigenvalue weighted by atomic mass is 19.4. The third-order valence-corrected chi connectivity index (χ3v) is 6.75. The van der Waals surface area contributed by atoms with Crippen molar-refractivity contribution >= 4 is 23.3 Å². The lowest BCUT2D eigenvalue weighted by atomic mass is 9.99. The van der Waals surface area contributed by atoms with Crippen LogP contribution in [0.25, 0.3) is 0 Å². The van der Waals surface area contributed by atoms with E-state index in [1.165, 1.54) is 48.8 Å². The van der Waals surface area contributed by atoms with E-state index < -0.39 is 41.7 Å². The van der Waals surface area contributed by atoms with Crippen LogP contribution < -0.4 is 34.9 Å². The first kappa shape index (κ1) is 37.1. The van der Waals surface area contributed by atoms with Crippen LogP contribution in [0.1, 0.15) is 31.4 Å². The number of hydrogen-bond acceptors (Lipinski definition) is 11. The van der Waals surface area contributed by atoms with Crippen LogP contribution in [0.4, 0.5) is 42.5 Å². The fourth-order valence-corrected chi connectivity index (χ4v) is 4.15. The highest BCUT2D eigenvalue weighted by molar-refractivity contribution is 6.23. The number of imide groups is 1. The number of carbonyl (C=O) groups excluding carboxylic acids is 2. The summed E-state index contributed by atoms with van der Waals surface area (Å²) in [5, 5.41) is 20.3. The van der Waals surface area contributed by atoms with E-state index in [2.05, 4.69) is 24.8 Å². The van der Waals surface area contributed by atoms with Gasteiger partial charge in [-0.05, 0) is 49.7 Å². The minimum atomic E-state index is -4.97. The molecule has 2 aromatic heterocycles. The average Bonchev–Trinajstić information content (AvgIpc) is 3.29. The number of amides is 3. The Kier molecular flexibility index (Phi) is 10.7. The van der Waals surface area contributed by atoms with Crippen molar-refractivity contribution in [1.29, 1.82) is 10.5 Å². The van der Waals surface area contributed by atoms with Crippen LogP contribution in [0.5, 0.6) is 34.8 Å². The number of alkyl halides is 6. The zero-order valence-corrected chi connectivity index (χ0v) is 26.2. The lowest BCUT2D eigenvalue weighted by Gasteiger charge is -2.19. The predicted octanol–water partition coefficient (Wildman–Crippen LogP) is 7.10. The summed E-state index contributed by atoms with van der Waals surface area (Å²) in [5.41, 5.74) is 4.49. The van der Waals surface area contributed by atoms with E-state index in [0.29, 0.717) is 12.1 Å². The molecular formula is C32H23F6N7O6. The zero-order chi connectivity index (χ0) is 37.6. The van der Waals surface area contributed by atoms with Crippen molar-refractivity contribution in [2.24, 2.45) is 0 Å². The molecule has 0 bridgehead atoms. The number of benzene rings is 2. The molecule has 5 rings (SSSR count). The lowest BCUT2D eigenvalue weighted by Crippen LogP contribution is -2.43. The summed E-state index contributed by atoms with van der Waals surface area (Å²) in [6, 6.07) is 15.1. The maximum Gasteiger partial charge on any atom is 0.573 e. The molecule has 0 unspecified atom stereocenters. The summed E-state index contributed by atoms with van der Waals surface area (Å²) in [6.07, 6.45) is -6.90. The summed E-state index contributed by atoms with van der Waals surface area (Å²) < 4.78 is 92.6. The Bertz CT molecular complexity index is 2000. The second kappa shape index (κ2) is 14.8. The first-order valence-electron chi connectivity index (χ1n) is 14.2. The molecule has 1 aliphatic heterocycles. The Morgan fingerprint density at radius 3 is 1.67 bits per heavy atom. The van der Waals surface area contributed by atoms with Gasteiger partial charge >= 0.3 is 18.8 Å². The Balaban J connectivity index is 0.000000244. The van der Waals surface area contributed by atoms with Crippen LogP contribution in [-0.4, -0.2) is 40.2 Å². The van der Waals surface area contributed by atoms with Gasteiger partial charge in [-0.1, -0.05) is 6.92 Å². The van der Waals surface area contributed by atoms with Crippen molar-refractivity contribution in [3.63, 3.8) is 0 Å². The van der Waals surface area contributed by atoms with Crippen molar-refractivity contribution in [3.05, 3.63) is 84.2 Å². The SMILES string of the molecule is CC[C@@]1(C)NC(=O)N(c2ccc(Oc3ccc(C#N)c(OC(F)(F)F)c3)nc2)C1=O.N#Cc1ccc(Oc2ccc(N)cn2)cc1OC(F)(F)F. The van der Waals surface area contributed by atoms with E-state index in [4.69, 9.17) is 25.7 Å². The summed E-state index contributed by atoms with van der Waals surface area (Å²) in [5.74, 6) is -1.65. The number of nitriles is 2. The van der Waals surface area contributed by atoms with Crippen LogP contribution >= 0.6 is 0 Å². The Morgan fingerprint density at radius 2 is 1.29 bits per heavy atom. The summed E-state index contributed by atoms with van der Waals surface area (Å²) in [7, 11) is 0. The monoisotopic (exact) mass is 715 g/mol. The van der Waals surface area contributed by atoms with E-state index in [1.54, 1.807) is 26.0 Å². The molecule has 0 radical (unpaired) electrons. The second-order valence-corrected chi connectivity index (χ2v) is 10.4. The summed E-state index contributed by atoms with van der Waals surface area (Å²) in [6.45, 7) is 3.38. The van der Waals surface area contributed by atoms with E-state index >= 15 is 0 Å². The Morgan fingerprint density at radius 1 is 0.804 bits per heavy atom. The van der Waals surface area contributed by atoms with Gasteiger partial charge in [-0.3, -0.25) is 4.79 Å². The molecule has 3 amide bonds. The number of nitrogen functional groups attached to an aromatic ring is 1. The summed E-state index contributed by atoms with van der Waals surface area (Å²) >= 11 is 0. The van der Waals surface area contributed by atoms with Crippen molar-refractivity contribution in [2.45, 2.75) is 38.5 Å². The van der Waals surface area contributed by atoms with Gasteiger partial charge < -0.3 is 30.0 Å². The molecular weight excluding hydrogens is 692 g/mol. The van der Waals surface area contributed by atoms with Gasteiger partial charge in [-0.25, -0.2) is 19.7 Å². The van der Waals surface area contributed by atoms with E-state index in [1.807, 2.05) is 0 Å². The van der Waals surface area contributed by atoms with Crippen molar-refractivity contribution in [2.75, 3.05) is 10.6 Å². The molecule has 0 spiro atoms. The minimum Gasteiger partial charge on any atom is -0.439 e. The maximum absolute atomic E-state index is 12.5. The molecule has 1 fully saturated rings. The van der Waals surface area contributed by atoms with E-state index in [0.717, 1.165) is 29.2 Å². The van der Waals surface area contributed by atoms with Gasteiger partial charge in [0.15, 0.2) is 11.5 Å². The molecule has 1 saturated heterocycles. The molecule has 4 aromatic rings. The molecule has 2 aromatic carbocycles. The van der Waals surface area contributed by atoms with Crippen LogP contribution in [0, 0.1) is 22.7 Å². The van der Waals surface area contributed by atoms with Crippen LogP contribution in [0.3, 0.4) is 0 Å². The Labute approximate surface area is 284 Å². The third kappa shape index (κ3) is 9.66. The van der Waals surface area contributed by atoms with Crippen molar-refractivity contribution in [1.82, 2.24) is 15.3 Å². The highest BCUT2D eigenvalue weighted by Gasteiger charge is 2.47. The number of ether oxygens (including phenoxy) is 4. The molecule has 264 valence electrons. The highest BCUT2D eigenvalue weighted by Crippen LogP contribution is 2.34. The topological polar surface area (TPSA) is 186 Å². The standard InChI is InChI=1S/C19H15F3N4O4.C13H8F3N3O2/c1-3-18(2)16(27)26(17(28)25-18)12-5-7-15(24-10-12)29-13-6-4-11(9-23)14(8-13)30-19(20,21)22;14-13(15,16)21-11-5-10(3-1-8(11)6-17)20-12-4-2-9(18)7-19-12/h4-8,10H,3H2,1-2H3,(H,25,28);1-5,7H,18H2/t18-;/m1./s1. The smallest absolute Gasteiger partial charge is 0.439 e. The van der Waals surface area contributed by atoms with Gasteiger partial charge in [0.25, 0.3) is 5.91 Å². The number of nitrogens with one attached hydrogen (secondary N) is 1. The van der Waals surface area contributed by atoms with Gasteiger partial charge in [0, 0.05) is 24.3 Å². The normalized spacial score (nSPS) is 15.5. The molecule has 0 saturated carbocycles. The molecule has 19 heteroatoms. The van der Waals surface area contributed by atoms with Gasteiger partial charge in [0.2, 0.25) is 11.8 Å². The molecule has 1 aliphatic rings. The molecule has 3 heterocycles. The van der Waals surface area contributed by atoms with Crippen LogP contribution in [0.2, 0.25) is 0 Å². The second-order valence-electron chi connectivity index (χ2n) is 10.4. The van der Waals surface area contributed by atoms with Crippen molar-refractivity contribution in [3.8, 4) is 46.9 Å². The number of rotatable bonds is 8. The lowest BCUT2D eigenvalue weighted by molar-refractivity contribution is -0.275. The average molecular weight is 716 g/mol. The number of urea groups is 1. The number of halogens is 6. The van der Waals surface area contributed by atoms with Gasteiger partial charge in [-0.15, -0.1) is 26.3 Å². The molecule has 1 atom stereocenters. The fourth-order valence-electron chi connectivity index (χ4n) is 4.15. The van der Waals surface area contributed by atoms with Gasteiger partial charge in [-0.2, -0.15) is 10.5 Å². The third-order valence-electron chi connectivity index (χ3n) is 6.75. The molecule has 0 aliphatic carbocycles. The predicted molar refractivity (Wildman–Crippen MR) is 163 cm³/mol. The molecule has 51 heavy (non-hydrogen) atoms. The molecule has 3 N–H and O–H groups in total. The number of anilines is 2. The first-order chi connectivity index (χ1) is 23.9. The number of carbonyl (C=O) groups is 2. The quantitative estimate of drug-likeness (QED) is 0.140. The number of aromatic nitrogens is 2. The number of pyridine rings is 2. The molecule has 13 nitrogen and oxygen atoms in total. The van der Waals surface area contributed by atoms with E-state index in [-0.39, 0.29) is 40.1 Å². The Hall–Kier alpha value is -6.76. The summed E-state index contributed by atoms with van der Waals surface area (Å²) in [4.78, 5) is 33.4. The maximum atomic E-state index is 12.5. The zero-order valence-electron chi connectivity index (χ0n) is 26.2. The number of nitrogens with two attached hydrogens (primary N) is 1. The van der Waals surface area contributed by atoms with Crippen LogP contribution in [-0.2, 0) is 4.79 Å². The number of hydrogen-bond donors (Lipinski definition) is 2. The largest absolute Gasteiger partial charge is 0.573 e. The van der Waals surface area contributed by atoms with Crippen molar-refractivity contribution < 1.29 is 54.9 Å². The van der Waals surface area contributed by atoms with Gasteiger partial charge in [0.05, 0.1) is 34.9 Å². The van der Waals surface area contributed by atoms with Gasteiger partial charge in [0.1, 0.15) is 29.2 Å². The first-order valence-corrected chi connectivity index (χ1v) is 14.2.